The number of rotatable bonds is 4. The number of carbonyl (C=O) groups excluding carboxylic acids is 2. The van der Waals surface area contributed by atoms with E-state index in [0.29, 0.717) is 48.7 Å². The number of carbonyl (C=O) groups is 2. The summed E-state index contributed by atoms with van der Waals surface area (Å²) in [6, 6.07) is 1.66. The Morgan fingerprint density at radius 2 is 1.95 bits per heavy atom. The number of hydrogen-bond donors (Lipinski definition) is 4. The number of amides is 1. The van der Waals surface area contributed by atoms with Crippen molar-refractivity contribution in [2.45, 2.75) is 82.0 Å². The topological polar surface area (TPSA) is 141 Å². The van der Waals surface area contributed by atoms with Crippen molar-refractivity contribution in [1.82, 2.24) is 10.4 Å². The van der Waals surface area contributed by atoms with Gasteiger partial charge in [0.1, 0.15) is 6.61 Å². The summed E-state index contributed by atoms with van der Waals surface area (Å²) in [5, 5.41) is 39.5. The molecule has 0 saturated heterocycles. The van der Waals surface area contributed by atoms with E-state index in [1.165, 1.54) is 6.20 Å². The molecule has 1 aliphatic heterocycles. The SMILES string of the molecule is C[C@]12CC[C@H]3[C@@H](CC[C@]4(O)C[C@H](O)CC[C@]34/C=N\NC(=O)c3cncc(Br)c3)[C@]1(O)CC[C@H]2C1=CC(=O)OC1. The van der Waals surface area contributed by atoms with Crippen LogP contribution in [0.25, 0.3) is 0 Å². The largest absolute Gasteiger partial charge is 0.458 e. The maximum Gasteiger partial charge on any atom is 0.331 e. The first-order valence-electron chi connectivity index (χ1n) is 14.0. The number of ether oxygens (including phenoxy) is 1. The van der Waals surface area contributed by atoms with E-state index in [2.05, 4.69) is 38.4 Å². The molecule has 0 unspecified atom stereocenters. The summed E-state index contributed by atoms with van der Waals surface area (Å²) in [6.07, 6.45) is 11.1. The zero-order valence-electron chi connectivity index (χ0n) is 22.1. The first-order chi connectivity index (χ1) is 18.5. The molecule has 8 atom stereocenters. The van der Waals surface area contributed by atoms with Crippen LogP contribution in [0.5, 0.6) is 0 Å². The monoisotopic (exact) mass is 601 g/mol. The lowest BCUT2D eigenvalue weighted by Gasteiger charge is -2.65. The standard InChI is InChI=1S/C29H36BrN3O6/c1-26-6-3-22-23(29(26,38)9-5-21(26)18-11-24(35)39-15-18)4-8-28(37)12-20(34)2-7-27(22,28)16-32-33-25(36)17-10-19(30)14-31-13-17/h10-11,13-14,16,20-23,34,37-38H,2-9,12,15H2,1H3,(H,33,36)/b32-16-/t20-,21+,22+,23-,26-,27+,28+,29-/m1/s1. The Bertz CT molecular complexity index is 1260. The molecule has 9 nitrogen and oxygen atoms in total. The molecule has 1 aromatic rings. The highest BCUT2D eigenvalue weighted by Crippen LogP contribution is 2.70. The van der Waals surface area contributed by atoms with Gasteiger partial charge in [-0.2, -0.15) is 5.10 Å². The number of aromatic nitrogens is 1. The average molecular weight is 603 g/mol. The molecule has 2 heterocycles. The molecule has 1 aromatic heterocycles. The van der Waals surface area contributed by atoms with Crippen molar-refractivity contribution in [3.63, 3.8) is 0 Å². The van der Waals surface area contributed by atoms with Crippen LogP contribution >= 0.6 is 15.9 Å². The number of esters is 1. The quantitative estimate of drug-likeness (QED) is 0.236. The van der Waals surface area contributed by atoms with Gasteiger partial charge in [-0.15, -0.1) is 0 Å². The van der Waals surface area contributed by atoms with Crippen LogP contribution in [0.15, 0.2) is 39.7 Å². The van der Waals surface area contributed by atoms with Crippen LogP contribution < -0.4 is 5.43 Å². The highest BCUT2D eigenvalue weighted by atomic mass is 79.9. The minimum Gasteiger partial charge on any atom is -0.458 e. The third-order valence-corrected chi connectivity index (χ3v) is 11.5. The van der Waals surface area contributed by atoms with E-state index in [1.807, 2.05) is 0 Å². The molecule has 0 aromatic carbocycles. The van der Waals surface area contributed by atoms with Gasteiger partial charge in [0.05, 0.1) is 22.9 Å². The number of nitrogens with zero attached hydrogens (tertiary/aromatic N) is 2. The highest BCUT2D eigenvalue weighted by Gasteiger charge is 2.71. The summed E-state index contributed by atoms with van der Waals surface area (Å²) in [6.45, 7) is 2.45. The van der Waals surface area contributed by atoms with Crippen molar-refractivity contribution < 1.29 is 29.6 Å². The van der Waals surface area contributed by atoms with Gasteiger partial charge in [0.2, 0.25) is 0 Å². The lowest BCUT2D eigenvalue weighted by molar-refractivity contribution is -0.237. The van der Waals surface area contributed by atoms with Gasteiger partial charge < -0.3 is 20.1 Å². The molecule has 6 rings (SSSR count). The Morgan fingerprint density at radius 3 is 2.69 bits per heavy atom. The lowest BCUT2D eigenvalue weighted by Crippen LogP contribution is -2.68. The van der Waals surface area contributed by atoms with Crippen molar-refractivity contribution in [1.29, 1.82) is 0 Å². The number of hydrogen-bond acceptors (Lipinski definition) is 8. The number of fused-ring (bicyclic) bond motifs is 5. The smallest absolute Gasteiger partial charge is 0.331 e. The fraction of sp³-hybridized carbons (Fsp3) is 0.655. The first kappa shape index (κ1) is 27.1. The Hall–Kier alpha value is -2.14. The van der Waals surface area contributed by atoms with Crippen LogP contribution in [-0.4, -0.2) is 62.3 Å². The molecule has 4 fully saturated rings. The molecule has 4 aliphatic carbocycles. The zero-order valence-corrected chi connectivity index (χ0v) is 23.7. The van der Waals surface area contributed by atoms with Crippen molar-refractivity contribution in [2.75, 3.05) is 6.61 Å². The maximum absolute atomic E-state index is 12.8. The summed E-state index contributed by atoms with van der Waals surface area (Å²) >= 11 is 3.33. The van der Waals surface area contributed by atoms with Gasteiger partial charge in [0.25, 0.3) is 5.91 Å². The molecular weight excluding hydrogens is 566 g/mol. The molecule has 10 heteroatoms. The third-order valence-electron chi connectivity index (χ3n) is 11.1. The van der Waals surface area contributed by atoms with E-state index >= 15 is 0 Å². The van der Waals surface area contributed by atoms with E-state index in [9.17, 15) is 24.9 Å². The van der Waals surface area contributed by atoms with Gasteiger partial charge in [0, 0.05) is 46.4 Å². The minimum absolute atomic E-state index is 0.0656. The number of hydrazone groups is 1. The van der Waals surface area contributed by atoms with Crippen LogP contribution in [0, 0.1) is 28.6 Å². The summed E-state index contributed by atoms with van der Waals surface area (Å²) in [5.74, 6) is -0.780. The molecule has 39 heavy (non-hydrogen) atoms. The second-order valence-electron chi connectivity index (χ2n) is 12.6. The van der Waals surface area contributed by atoms with Gasteiger partial charge in [-0.25, -0.2) is 10.2 Å². The second-order valence-corrected chi connectivity index (χ2v) is 13.5. The Morgan fingerprint density at radius 1 is 1.15 bits per heavy atom. The minimum atomic E-state index is -1.19. The Balaban J connectivity index is 1.32. The number of aliphatic hydroxyl groups is 3. The molecule has 0 bridgehead atoms. The van der Waals surface area contributed by atoms with Gasteiger partial charge in [-0.05, 0) is 96.7 Å². The third kappa shape index (κ3) is 4.04. The number of nitrogens with one attached hydrogen (secondary N) is 1. The van der Waals surface area contributed by atoms with E-state index in [4.69, 9.17) is 4.74 Å². The normalized spacial score (nSPS) is 43.3. The van der Waals surface area contributed by atoms with Gasteiger partial charge in [0.15, 0.2) is 0 Å². The summed E-state index contributed by atoms with van der Waals surface area (Å²) in [4.78, 5) is 28.6. The molecule has 4 saturated carbocycles. The number of halogens is 1. The number of pyridine rings is 1. The van der Waals surface area contributed by atoms with Crippen LogP contribution in [0.1, 0.15) is 75.1 Å². The number of aliphatic hydroxyl groups excluding tert-OH is 1. The maximum atomic E-state index is 12.8. The average Bonchev–Trinajstić information content (AvgIpc) is 3.43. The second kappa shape index (κ2) is 9.46. The summed E-state index contributed by atoms with van der Waals surface area (Å²) in [7, 11) is 0. The van der Waals surface area contributed by atoms with Crippen molar-refractivity contribution in [3.05, 3.63) is 40.1 Å². The van der Waals surface area contributed by atoms with E-state index in [-0.39, 0.29) is 30.1 Å². The molecule has 210 valence electrons. The Labute approximate surface area is 236 Å². The first-order valence-corrected chi connectivity index (χ1v) is 14.8. The zero-order chi connectivity index (χ0) is 27.6. The molecule has 5 aliphatic rings. The lowest BCUT2D eigenvalue weighted by atomic mass is 9.41. The Kier molecular flexibility index (Phi) is 6.56. The fourth-order valence-electron chi connectivity index (χ4n) is 9.17. The van der Waals surface area contributed by atoms with Gasteiger partial charge >= 0.3 is 5.97 Å². The highest BCUT2D eigenvalue weighted by molar-refractivity contribution is 9.10. The summed E-state index contributed by atoms with van der Waals surface area (Å²) in [5.41, 5.74) is 0.608. The van der Waals surface area contributed by atoms with Gasteiger partial charge in [-0.3, -0.25) is 9.78 Å². The predicted molar refractivity (Wildman–Crippen MR) is 145 cm³/mol. The van der Waals surface area contributed by atoms with Crippen molar-refractivity contribution in [3.8, 4) is 0 Å². The van der Waals surface area contributed by atoms with Gasteiger partial charge in [-0.1, -0.05) is 6.92 Å². The molecule has 0 radical (unpaired) electrons. The predicted octanol–water partition coefficient (Wildman–Crippen LogP) is 3.27. The van der Waals surface area contributed by atoms with E-state index in [0.717, 1.165) is 24.8 Å². The number of cyclic esters (lactones) is 1. The van der Waals surface area contributed by atoms with Crippen LogP contribution in [0.3, 0.4) is 0 Å². The van der Waals surface area contributed by atoms with Crippen LogP contribution in [0.2, 0.25) is 0 Å². The molecule has 4 N–H and O–H groups in total. The van der Waals surface area contributed by atoms with E-state index in [1.54, 1.807) is 24.6 Å². The van der Waals surface area contributed by atoms with E-state index < -0.39 is 34.0 Å². The fourth-order valence-corrected chi connectivity index (χ4v) is 9.53. The molecular formula is C29H36BrN3O6. The van der Waals surface area contributed by atoms with Crippen molar-refractivity contribution >= 4 is 34.0 Å². The summed E-state index contributed by atoms with van der Waals surface area (Å²) < 4.78 is 5.91. The van der Waals surface area contributed by atoms with Crippen molar-refractivity contribution in [2.24, 2.45) is 33.7 Å². The van der Waals surface area contributed by atoms with Crippen LogP contribution in [-0.2, 0) is 9.53 Å². The van der Waals surface area contributed by atoms with Crippen LogP contribution in [0.4, 0.5) is 0 Å². The molecule has 0 spiro atoms. The molecule has 1 amide bonds.